The van der Waals surface area contributed by atoms with Crippen molar-refractivity contribution in [1.29, 1.82) is 0 Å². The van der Waals surface area contributed by atoms with Gasteiger partial charge in [0.1, 0.15) is 5.82 Å². The zero-order valence-corrected chi connectivity index (χ0v) is 15.1. The maximum atomic E-state index is 14.5. The van der Waals surface area contributed by atoms with E-state index in [-0.39, 0.29) is 5.82 Å². The van der Waals surface area contributed by atoms with Gasteiger partial charge in [-0.2, -0.15) is 0 Å². The molecule has 0 aliphatic rings. The highest BCUT2D eigenvalue weighted by Crippen LogP contribution is 2.32. The number of aryl methyl sites for hydroxylation is 2. The van der Waals surface area contributed by atoms with Gasteiger partial charge >= 0.3 is 0 Å². The van der Waals surface area contributed by atoms with E-state index in [2.05, 4.69) is 31.2 Å². The summed E-state index contributed by atoms with van der Waals surface area (Å²) in [5, 5.41) is 0. The second-order valence-corrected chi connectivity index (χ2v) is 7.55. The Morgan fingerprint density at radius 1 is 0.875 bits per heavy atom. The molecule has 2 heteroatoms. The zero-order valence-electron chi connectivity index (χ0n) is 14.3. The van der Waals surface area contributed by atoms with Crippen LogP contribution in [0.3, 0.4) is 0 Å². The Morgan fingerprint density at radius 2 is 1.62 bits per heavy atom. The van der Waals surface area contributed by atoms with Crippen molar-refractivity contribution in [2.75, 3.05) is 0 Å². The molecule has 0 radical (unpaired) electrons. The Labute approximate surface area is 148 Å². The molecular weight excluding hydrogens is 315 g/mol. The van der Waals surface area contributed by atoms with Gasteiger partial charge in [-0.05, 0) is 60.7 Å². The number of thiophene rings is 1. The van der Waals surface area contributed by atoms with Gasteiger partial charge in [0, 0.05) is 15.3 Å². The van der Waals surface area contributed by atoms with Gasteiger partial charge in [0.25, 0.3) is 0 Å². The molecule has 0 unspecified atom stereocenters. The fraction of sp³-hybridized carbons (Fsp3) is 0.273. The number of hydrogen-bond acceptors (Lipinski definition) is 1. The summed E-state index contributed by atoms with van der Waals surface area (Å²) in [4.78, 5) is 2.19. The minimum atomic E-state index is -0.152. The quantitative estimate of drug-likeness (QED) is 0.415. The summed E-state index contributed by atoms with van der Waals surface area (Å²) in [5.41, 5.74) is 4.05. The molecule has 0 N–H and O–H groups in total. The Hall–Kier alpha value is -1.93. The van der Waals surface area contributed by atoms with E-state index in [4.69, 9.17) is 0 Å². The first-order chi connectivity index (χ1) is 11.7. The summed E-state index contributed by atoms with van der Waals surface area (Å²) in [6.45, 7) is 4.27. The standard InChI is InChI=1S/C22H23FS/c1-3-4-5-6-17-8-10-18(11-9-17)19-12-13-20(21(23)15-19)22-14-7-16(2)24-22/h7-15H,3-6H2,1-2H3. The first kappa shape index (κ1) is 16.9. The summed E-state index contributed by atoms with van der Waals surface area (Å²) in [6, 6.07) is 18.1. The van der Waals surface area contributed by atoms with Crippen LogP contribution in [0.5, 0.6) is 0 Å². The molecule has 124 valence electrons. The van der Waals surface area contributed by atoms with E-state index in [9.17, 15) is 4.39 Å². The molecule has 0 atom stereocenters. The van der Waals surface area contributed by atoms with Crippen molar-refractivity contribution in [3.8, 4) is 21.6 Å². The molecule has 0 aliphatic carbocycles. The van der Waals surface area contributed by atoms with E-state index in [1.807, 2.05) is 31.2 Å². The average Bonchev–Trinajstić information content (AvgIpc) is 3.02. The highest BCUT2D eigenvalue weighted by molar-refractivity contribution is 7.15. The molecule has 1 heterocycles. The van der Waals surface area contributed by atoms with Crippen molar-refractivity contribution in [3.63, 3.8) is 0 Å². The lowest BCUT2D eigenvalue weighted by atomic mass is 10.00. The van der Waals surface area contributed by atoms with E-state index in [0.717, 1.165) is 22.4 Å². The minimum Gasteiger partial charge on any atom is -0.206 e. The fourth-order valence-corrected chi connectivity index (χ4v) is 3.81. The van der Waals surface area contributed by atoms with Crippen LogP contribution in [0.15, 0.2) is 54.6 Å². The highest BCUT2D eigenvalue weighted by atomic mass is 32.1. The lowest BCUT2D eigenvalue weighted by Gasteiger charge is -2.07. The Bertz CT molecular complexity index is 799. The second-order valence-electron chi connectivity index (χ2n) is 6.26. The zero-order chi connectivity index (χ0) is 16.9. The molecule has 0 bridgehead atoms. The molecule has 3 aromatic rings. The fourth-order valence-electron chi connectivity index (χ4n) is 2.92. The van der Waals surface area contributed by atoms with Gasteiger partial charge in [-0.25, -0.2) is 4.39 Å². The van der Waals surface area contributed by atoms with Crippen molar-refractivity contribution >= 4 is 11.3 Å². The SMILES string of the molecule is CCCCCc1ccc(-c2ccc(-c3ccc(C)s3)c(F)c2)cc1. The van der Waals surface area contributed by atoms with E-state index >= 15 is 0 Å². The molecule has 0 spiro atoms. The molecule has 0 fully saturated rings. The van der Waals surface area contributed by atoms with Crippen molar-refractivity contribution in [2.45, 2.75) is 39.5 Å². The van der Waals surface area contributed by atoms with Crippen LogP contribution in [-0.2, 0) is 6.42 Å². The van der Waals surface area contributed by atoms with E-state index in [0.29, 0.717) is 5.56 Å². The van der Waals surface area contributed by atoms with Crippen LogP contribution in [0.25, 0.3) is 21.6 Å². The minimum absolute atomic E-state index is 0.152. The third-order valence-corrected chi connectivity index (χ3v) is 5.37. The van der Waals surface area contributed by atoms with Crippen molar-refractivity contribution in [3.05, 3.63) is 70.9 Å². The molecule has 24 heavy (non-hydrogen) atoms. The van der Waals surface area contributed by atoms with Gasteiger partial charge in [0.05, 0.1) is 0 Å². The maximum Gasteiger partial charge on any atom is 0.132 e. The van der Waals surface area contributed by atoms with Gasteiger partial charge in [-0.15, -0.1) is 11.3 Å². The predicted molar refractivity (Wildman–Crippen MR) is 103 cm³/mol. The lowest BCUT2D eigenvalue weighted by molar-refractivity contribution is 0.632. The lowest BCUT2D eigenvalue weighted by Crippen LogP contribution is -1.87. The van der Waals surface area contributed by atoms with Gasteiger partial charge in [0.15, 0.2) is 0 Å². The van der Waals surface area contributed by atoms with E-state index in [1.54, 1.807) is 17.4 Å². The van der Waals surface area contributed by atoms with Gasteiger partial charge in [0.2, 0.25) is 0 Å². The van der Waals surface area contributed by atoms with Crippen molar-refractivity contribution in [1.82, 2.24) is 0 Å². The molecule has 2 aromatic carbocycles. The van der Waals surface area contributed by atoms with E-state index in [1.165, 1.54) is 29.7 Å². The topological polar surface area (TPSA) is 0 Å². The predicted octanol–water partition coefficient (Wildman–Crippen LogP) is 7.26. The molecule has 3 rings (SSSR count). The molecule has 0 amide bonds. The Morgan fingerprint density at radius 3 is 2.25 bits per heavy atom. The number of rotatable bonds is 6. The van der Waals surface area contributed by atoms with Crippen molar-refractivity contribution in [2.24, 2.45) is 0 Å². The third-order valence-electron chi connectivity index (χ3n) is 4.33. The number of halogens is 1. The van der Waals surface area contributed by atoms with E-state index < -0.39 is 0 Å². The summed E-state index contributed by atoms with van der Waals surface area (Å²) in [5.74, 6) is -0.152. The van der Waals surface area contributed by atoms with Crippen LogP contribution < -0.4 is 0 Å². The Balaban J connectivity index is 1.79. The number of unbranched alkanes of at least 4 members (excludes halogenated alkanes) is 2. The largest absolute Gasteiger partial charge is 0.206 e. The highest BCUT2D eigenvalue weighted by Gasteiger charge is 2.09. The first-order valence-corrected chi connectivity index (χ1v) is 9.44. The molecule has 0 nitrogen and oxygen atoms in total. The summed E-state index contributed by atoms with van der Waals surface area (Å²) >= 11 is 1.63. The van der Waals surface area contributed by atoms with Crippen LogP contribution in [0, 0.1) is 12.7 Å². The molecule has 0 saturated carbocycles. The first-order valence-electron chi connectivity index (χ1n) is 8.63. The normalized spacial score (nSPS) is 11.0. The monoisotopic (exact) mass is 338 g/mol. The average molecular weight is 338 g/mol. The van der Waals surface area contributed by atoms with Crippen molar-refractivity contribution < 1.29 is 4.39 Å². The molecule has 1 aromatic heterocycles. The van der Waals surface area contributed by atoms with Gasteiger partial charge in [-0.1, -0.05) is 50.1 Å². The Kier molecular flexibility index (Phi) is 5.47. The van der Waals surface area contributed by atoms with Crippen LogP contribution in [0.4, 0.5) is 4.39 Å². The van der Waals surface area contributed by atoms with Crippen LogP contribution in [0.2, 0.25) is 0 Å². The van der Waals surface area contributed by atoms with Gasteiger partial charge < -0.3 is 0 Å². The maximum absolute atomic E-state index is 14.5. The second kappa shape index (κ2) is 7.76. The number of benzene rings is 2. The third kappa shape index (κ3) is 3.93. The smallest absolute Gasteiger partial charge is 0.132 e. The van der Waals surface area contributed by atoms with Crippen LogP contribution >= 0.6 is 11.3 Å². The molecule has 0 saturated heterocycles. The van der Waals surface area contributed by atoms with Crippen LogP contribution in [-0.4, -0.2) is 0 Å². The summed E-state index contributed by atoms with van der Waals surface area (Å²) in [6.07, 6.45) is 4.88. The summed E-state index contributed by atoms with van der Waals surface area (Å²) < 4.78 is 14.5. The summed E-state index contributed by atoms with van der Waals surface area (Å²) in [7, 11) is 0. The molecular formula is C22H23FS. The van der Waals surface area contributed by atoms with Crippen LogP contribution in [0.1, 0.15) is 36.6 Å². The van der Waals surface area contributed by atoms with Gasteiger partial charge in [-0.3, -0.25) is 0 Å². The molecule has 0 aliphatic heterocycles. The number of hydrogen-bond donors (Lipinski definition) is 0.